The maximum atomic E-state index is 12.6. The van der Waals surface area contributed by atoms with Crippen molar-refractivity contribution in [2.45, 2.75) is 38.6 Å². The van der Waals surface area contributed by atoms with Gasteiger partial charge in [-0.3, -0.25) is 43.6 Å². The highest BCUT2D eigenvalue weighted by Gasteiger charge is 2.27. The summed E-state index contributed by atoms with van der Waals surface area (Å²) >= 11 is 0. The van der Waals surface area contributed by atoms with Crippen LogP contribution in [0.2, 0.25) is 0 Å². The Kier molecular flexibility index (Phi) is 14.6. The molecule has 61 heavy (non-hydrogen) atoms. The highest BCUT2D eigenvalue weighted by molar-refractivity contribution is 5.99. The fourth-order valence-corrected chi connectivity index (χ4v) is 7.35. The molecule has 7 N–H and O–H groups in total. The molecule has 1 aromatic carbocycles. The zero-order valence-electron chi connectivity index (χ0n) is 33.4. The van der Waals surface area contributed by atoms with Crippen molar-refractivity contribution in [3.63, 3.8) is 0 Å². The van der Waals surface area contributed by atoms with Gasteiger partial charge in [-0.05, 0) is 54.6 Å². The average Bonchev–Trinajstić information content (AvgIpc) is 3.23. The number of nitrogens with one attached hydrogen (secondary N) is 1. The van der Waals surface area contributed by atoms with E-state index in [0.717, 1.165) is 11.8 Å². The van der Waals surface area contributed by atoms with Gasteiger partial charge in [-0.1, -0.05) is 36.4 Å². The van der Waals surface area contributed by atoms with Gasteiger partial charge in [0.25, 0.3) is 22.2 Å². The molecule has 6 rings (SSSR count). The molecule has 0 radical (unpaired) electrons. The maximum Gasteiger partial charge on any atom is 0.283 e. The van der Waals surface area contributed by atoms with Crippen LogP contribution in [0.25, 0.3) is 0 Å². The van der Waals surface area contributed by atoms with Crippen LogP contribution in [0.4, 0.5) is 5.69 Å². The van der Waals surface area contributed by atoms with Crippen molar-refractivity contribution in [1.82, 2.24) is 38.5 Å². The van der Waals surface area contributed by atoms with Gasteiger partial charge < -0.3 is 31.9 Å². The van der Waals surface area contributed by atoms with Gasteiger partial charge in [0.2, 0.25) is 5.91 Å². The zero-order chi connectivity index (χ0) is 43.5. The molecule has 0 aliphatic carbocycles. The summed E-state index contributed by atoms with van der Waals surface area (Å²) in [5.41, 5.74) is 5.84. The van der Waals surface area contributed by atoms with Crippen LogP contribution in [0.5, 0.6) is 0 Å². The van der Waals surface area contributed by atoms with Crippen LogP contribution in [-0.2, 0) is 37.4 Å². The molecule has 322 valence electrons. The predicted molar refractivity (Wildman–Crippen MR) is 224 cm³/mol. The SMILES string of the molecule is NC=CC(=O)Nc1ccc(CC2CN(Cc3cccc(=O)n3O)CCN(Cc3cccc(=O)n3O)CCN(Cc3cccc(=O)n3O)CCN2Cc2cccc(=O)n2O)cc1. The van der Waals surface area contributed by atoms with E-state index in [-0.39, 0.29) is 38.1 Å². The number of aromatic nitrogens is 4. The van der Waals surface area contributed by atoms with Crippen molar-refractivity contribution in [3.8, 4) is 0 Å². The lowest BCUT2D eigenvalue weighted by atomic mass is 10.0. The number of hydrogen-bond acceptors (Lipinski definition) is 14. The molecule has 1 aliphatic heterocycles. The number of nitrogens with two attached hydrogens (primary N) is 1. The summed E-state index contributed by atoms with van der Waals surface area (Å²) in [4.78, 5) is 70.6. The van der Waals surface area contributed by atoms with Gasteiger partial charge in [0.05, 0.1) is 22.8 Å². The highest BCUT2D eigenvalue weighted by Crippen LogP contribution is 2.19. The third-order valence-electron chi connectivity index (χ3n) is 10.6. The zero-order valence-corrected chi connectivity index (χ0v) is 33.4. The lowest BCUT2D eigenvalue weighted by Gasteiger charge is -2.39. The Morgan fingerprint density at radius 2 is 0.951 bits per heavy atom. The van der Waals surface area contributed by atoms with Gasteiger partial charge in [-0.15, -0.1) is 0 Å². The molecule has 5 aromatic rings. The standard InChI is InChI=1S/C42H50N10O9/c43-18-17-38(53)44-32-15-13-31(14-16-32)25-37-29-47(28-35-7-3-11-41(56)51(35)60)22-21-45(26-33-5-1-9-39(54)49(33)58)19-20-46(27-34-6-2-10-40(55)50(34)59)23-24-48(37)30-36-8-4-12-42(57)52(36)61/h1-18,37,58-61H,19-30,43H2,(H,44,53). The molecule has 1 saturated heterocycles. The molecule has 1 amide bonds. The Labute approximate surface area is 349 Å². The van der Waals surface area contributed by atoms with E-state index < -0.39 is 22.2 Å². The van der Waals surface area contributed by atoms with Gasteiger partial charge in [-0.2, -0.15) is 18.9 Å². The molecule has 19 heteroatoms. The third-order valence-corrected chi connectivity index (χ3v) is 10.6. The number of rotatable bonds is 12. The summed E-state index contributed by atoms with van der Waals surface area (Å²) in [6, 6.07) is 24.8. The molecule has 0 saturated carbocycles. The summed E-state index contributed by atoms with van der Waals surface area (Å²) < 4.78 is 2.44. The molecule has 0 bridgehead atoms. The van der Waals surface area contributed by atoms with Crippen LogP contribution in [-0.4, -0.2) is 117 Å². The van der Waals surface area contributed by atoms with Crippen LogP contribution in [0.1, 0.15) is 28.3 Å². The van der Waals surface area contributed by atoms with Crippen LogP contribution in [0, 0.1) is 0 Å². The number of anilines is 1. The molecule has 1 aliphatic rings. The van der Waals surface area contributed by atoms with Crippen LogP contribution in [0.15, 0.2) is 129 Å². The topological polar surface area (TPSA) is 237 Å². The first-order valence-corrected chi connectivity index (χ1v) is 19.7. The van der Waals surface area contributed by atoms with Crippen molar-refractivity contribution in [2.75, 3.05) is 51.1 Å². The summed E-state index contributed by atoms with van der Waals surface area (Å²) in [7, 11) is 0. The number of carbonyl (C=O) groups excluding carboxylic acids is 1. The first kappa shape index (κ1) is 43.6. The first-order chi connectivity index (χ1) is 29.4. The van der Waals surface area contributed by atoms with Crippen molar-refractivity contribution in [1.29, 1.82) is 0 Å². The average molecular weight is 839 g/mol. The summed E-state index contributed by atoms with van der Waals surface area (Å²) in [5.74, 6) is -0.389. The number of nitrogens with zero attached hydrogens (tertiary/aromatic N) is 8. The van der Waals surface area contributed by atoms with Gasteiger partial charge in [0.15, 0.2) is 0 Å². The van der Waals surface area contributed by atoms with E-state index >= 15 is 0 Å². The third kappa shape index (κ3) is 11.6. The van der Waals surface area contributed by atoms with Gasteiger partial charge in [-0.25, -0.2) is 0 Å². The number of carbonyl (C=O) groups is 1. The van der Waals surface area contributed by atoms with Crippen molar-refractivity contribution in [2.24, 2.45) is 5.73 Å². The van der Waals surface area contributed by atoms with Crippen LogP contribution >= 0.6 is 0 Å². The molecule has 1 atom stereocenters. The molecule has 5 heterocycles. The number of benzene rings is 1. The van der Waals surface area contributed by atoms with E-state index in [9.17, 15) is 44.8 Å². The van der Waals surface area contributed by atoms with Crippen molar-refractivity contribution in [3.05, 3.63) is 179 Å². The van der Waals surface area contributed by atoms with E-state index in [2.05, 4.69) is 24.9 Å². The summed E-state index contributed by atoms with van der Waals surface area (Å²) in [6.07, 6.45) is 2.78. The second-order valence-corrected chi connectivity index (χ2v) is 14.8. The maximum absolute atomic E-state index is 12.6. The summed E-state index contributed by atoms with van der Waals surface area (Å²) in [5, 5.41) is 45.8. The van der Waals surface area contributed by atoms with E-state index in [4.69, 9.17) is 5.73 Å². The Balaban J connectivity index is 1.42. The van der Waals surface area contributed by atoms with Crippen LogP contribution < -0.4 is 33.3 Å². The molecular weight excluding hydrogens is 789 g/mol. The Morgan fingerprint density at radius 1 is 0.557 bits per heavy atom. The Morgan fingerprint density at radius 3 is 1.39 bits per heavy atom. The molecule has 0 spiro atoms. The van der Waals surface area contributed by atoms with Crippen molar-refractivity contribution < 1.29 is 25.6 Å². The summed E-state index contributed by atoms with van der Waals surface area (Å²) in [6.45, 7) is 3.28. The minimum Gasteiger partial charge on any atom is -0.425 e. The smallest absolute Gasteiger partial charge is 0.283 e. The number of amides is 1. The molecule has 4 aromatic heterocycles. The fraction of sp³-hybridized carbons (Fsp3) is 0.310. The van der Waals surface area contributed by atoms with Crippen molar-refractivity contribution >= 4 is 11.6 Å². The highest BCUT2D eigenvalue weighted by atomic mass is 16.5. The normalized spacial score (nSPS) is 16.6. The van der Waals surface area contributed by atoms with E-state index in [1.807, 2.05) is 12.1 Å². The van der Waals surface area contributed by atoms with Gasteiger partial charge >= 0.3 is 0 Å². The van der Waals surface area contributed by atoms with E-state index in [1.165, 1.54) is 30.3 Å². The quantitative estimate of drug-likeness (QED) is 0.0747. The Bertz CT molecular complexity index is 2550. The van der Waals surface area contributed by atoms with Gasteiger partial charge in [0, 0.05) is 114 Å². The van der Waals surface area contributed by atoms with E-state index in [0.29, 0.717) is 99.6 Å². The largest absolute Gasteiger partial charge is 0.425 e. The molecule has 1 fully saturated rings. The molecule has 1 unspecified atom stereocenters. The molecular formula is C42H50N10O9. The minimum atomic E-state index is -0.601. The fourth-order valence-electron chi connectivity index (χ4n) is 7.35. The lowest BCUT2D eigenvalue weighted by Crippen LogP contribution is -2.51. The predicted octanol–water partition coefficient (Wildman–Crippen LogP) is 0.627. The minimum absolute atomic E-state index is 0.124. The number of hydrogen-bond donors (Lipinski definition) is 6. The first-order valence-electron chi connectivity index (χ1n) is 19.7. The second kappa shape index (κ2) is 20.4. The lowest BCUT2D eigenvalue weighted by molar-refractivity contribution is -0.111. The van der Waals surface area contributed by atoms with E-state index in [1.54, 1.807) is 60.7 Å². The number of pyridine rings is 4. The Hall–Kier alpha value is -6.93. The van der Waals surface area contributed by atoms with Crippen LogP contribution in [0.3, 0.4) is 0 Å². The van der Waals surface area contributed by atoms with Gasteiger partial charge in [0.1, 0.15) is 0 Å². The monoisotopic (exact) mass is 838 g/mol. The molecule has 19 nitrogen and oxygen atoms in total. The second-order valence-electron chi connectivity index (χ2n) is 14.8.